The van der Waals surface area contributed by atoms with Gasteiger partial charge >= 0.3 is 18.4 Å². The van der Waals surface area contributed by atoms with Crippen LogP contribution < -0.4 is 5.32 Å². The zero-order chi connectivity index (χ0) is 26.4. The fraction of sp³-hybridized carbons (Fsp3) is 0.500. The van der Waals surface area contributed by atoms with Gasteiger partial charge in [0.2, 0.25) is 0 Å². The minimum atomic E-state index is -4.95. The van der Waals surface area contributed by atoms with Crippen molar-refractivity contribution in [1.29, 1.82) is 0 Å². The predicted octanol–water partition coefficient (Wildman–Crippen LogP) is 6.43. The predicted molar refractivity (Wildman–Crippen MR) is 123 cm³/mol. The zero-order valence-corrected chi connectivity index (χ0v) is 20.2. The average molecular weight is 514 g/mol. The van der Waals surface area contributed by atoms with E-state index in [0.29, 0.717) is 24.6 Å². The molecule has 1 N–H and O–H groups in total. The molecule has 1 unspecified atom stereocenters. The van der Waals surface area contributed by atoms with E-state index in [1.54, 1.807) is 4.90 Å². The van der Waals surface area contributed by atoms with Crippen molar-refractivity contribution in [2.75, 3.05) is 26.7 Å². The molecule has 0 aromatic heterocycles. The molecule has 2 saturated heterocycles. The number of benzene rings is 2. The second-order valence-electron chi connectivity index (χ2n) is 9.77. The van der Waals surface area contributed by atoms with Gasteiger partial charge in [0.1, 0.15) is 0 Å². The molecule has 0 bridgehead atoms. The molecule has 2 aliphatic heterocycles. The molecule has 2 aromatic carbocycles. The lowest BCUT2D eigenvalue weighted by Gasteiger charge is -2.45. The Morgan fingerprint density at radius 3 is 2.22 bits per heavy atom. The molecule has 4 nitrogen and oxygen atoms in total. The Hall–Kier alpha value is -2.75. The Labute approximate surface area is 206 Å². The number of likely N-dealkylation sites (tertiary alicyclic amines) is 1. The summed E-state index contributed by atoms with van der Waals surface area (Å²) >= 11 is 0. The van der Waals surface area contributed by atoms with E-state index in [1.165, 1.54) is 18.9 Å². The molecule has 2 aliphatic rings. The van der Waals surface area contributed by atoms with Crippen LogP contribution in [0.5, 0.6) is 0 Å². The maximum absolute atomic E-state index is 13.7. The standard InChI is InChI=1S/C26H29F6N3O/c1-15-6-4-5-7-21(15)23-22-14-33-13-17(22)8-9-35(23)24(36)34(3)16(2)18-10-19(25(27,28)29)12-20(11-18)26(30,31)32/h4-7,10-12,16-17,22-23,33H,8-9,13-14H2,1-3H3/t16-,17?,22-,23+/m1/s1. The molecule has 36 heavy (non-hydrogen) atoms. The van der Waals surface area contributed by atoms with E-state index in [2.05, 4.69) is 5.32 Å². The van der Waals surface area contributed by atoms with Crippen LogP contribution in [0.3, 0.4) is 0 Å². The average Bonchev–Trinajstić information content (AvgIpc) is 3.30. The van der Waals surface area contributed by atoms with Gasteiger partial charge in [-0.3, -0.25) is 0 Å². The summed E-state index contributed by atoms with van der Waals surface area (Å²) in [4.78, 5) is 16.7. The second kappa shape index (κ2) is 9.61. The van der Waals surface area contributed by atoms with Crippen LogP contribution in [0.2, 0.25) is 0 Å². The van der Waals surface area contributed by atoms with Crippen molar-refractivity contribution in [2.24, 2.45) is 11.8 Å². The maximum Gasteiger partial charge on any atom is 0.416 e. The quantitative estimate of drug-likeness (QED) is 0.481. The Kier molecular flexibility index (Phi) is 7.02. The number of urea groups is 1. The summed E-state index contributed by atoms with van der Waals surface area (Å²) < 4.78 is 80.3. The molecule has 2 aromatic rings. The van der Waals surface area contributed by atoms with Crippen LogP contribution in [0, 0.1) is 18.8 Å². The van der Waals surface area contributed by atoms with E-state index in [0.717, 1.165) is 30.6 Å². The van der Waals surface area contributed by atoms with E-state index in [1.807, 2.05) is 31.2 Å². The van der Waals surface area contributed by atoms with Crippen LogP contribution in [0.1, 0.15) is 53.2 Å². The fourth-order valence-electron chi connectivity index (χ4n) is 5.46. The van der Waals surface area contributed by atoms with Crippen molar-refractivity contribution in [3.05, 3.63) is 70.3 Å². The second-order valence-corrected chi connectivity index (χ2v) is 9.77. The maximum atomic E-state index is 13.7. The summed E-state index contributed by atoms with van der Waals surface area (Å²) in [6, 6.07) is 7.57. The lowest BCUT2D eigenvalue weighted by atomic mass is 9.78. The Morgan fingerprint density at radius 2 is 1.64 bits per heavy atom. The molecule has 2 fully saturated rings. The number of piperidine rings is 1. The molecule has 0 spiro atoms. The SMILES string of the molecule is Cc1ccccc1[C@H]1[C@@H]2CNCC2CCN1C(=O)N(C)[C@H](C)c1cc(C(F)(F)F)cc(C(F)(F)F)c1. The van der Waals surface area contributed by atoms with Crippen LogP contribution in [0.4, 0.5) is 31.1 Å². The number of nitrogens with zero attached hydrogens (tertiary/aromatic N) is 2. The van der Waals surface area contributed by atoms with E-state index in [9.17, 15) is 31.1 Å². The number of hydrogen-bond donors (Lipinski definition) is 1. The van der Waals surface area contributed by atoms with Gasteiger partial charge < -0.3 is 15.1 Å². The normalized spacial score (nSPS) is 23.4. The number of rotatable bonds is 3. The number of carbonyl (C=O) groups excluding carboxylic acids is 1. The number of carbonyl (C=O) groups is 1. The van der Waals surface area contributed by atoms with E-state index < -0.39 is 35.6 Å². The summed E-state index contributed by atoms with van der Waals surface area (Å²) in [6.45, 7) is 5.45. The first-order chi connectivity index (χ1) is 16.8. The highest BCUT2D eigenvalue weighted by Gasteiger charge is 2.45. The minimum absolute atomic E-state index is 0.101. The number of amides is 2. The van der Waals surface area contributed by atoms with Gasteiger partial charge in [-0.1, -0.05) is 24.3 Å². The van der Waals surface area contributed by atoms with Crippen molar-refractivity contribution >= 4 is 6.03 Å². The Bertz CT molecular complexity index is 1080. The largest absolute Gasteiger partial charge is 0.416 e. The van der Waals surface area contributed by atoms with Gasteiger partial charge in [0.25, 0.3) is 0 Å². The van der Waals surface area contributed by atoms with Crippen LogP contribution in [-0.4, -0.2) is 42.5 Å². The number of nitrogens with one attached hydrogen (secondary N) is 1. The van der Waals surface area contributed by atoms with Gasteiger partial charge in [0.05, 0.1) is 23.2 Å². The topological polar surface area (TPSA) is 35.6 Å². The monoisotopic (exact) mass is 513 g/mol. The molecule has 2 amide bonds. The highest BCUT2D eigenvalue weighted by molar-refractivity contribution is 5.75. The first kappa shape index (κ1) is 26.3. The van der Waals surface area contributed by atoms with Crippen LogP contribution in [-0.2, 0) is 12.4 Å². The van der Waals surface area contributed by atoms with Gasteiger partial charge in [-0.25, -0.2) is 4.79 Å². The number of halogens is 6. The van der Waals surface area contributed by atoms with Crippen LogP contribution in [0.15, 0.2) is 42.5 Å². The fourth-order valence-corrected chi connectivity index (χ4v) is 5.46. The third-order valence-electron chi connectivity index (χ3n) is 7.60. The van der Waals surface area contributed by atoms with Crippen molar-refractivity contribution in [1.82, 2.24) is 15.1 Å². The number of aryl methyl sites for hydroxylation is 1. The molecule has 4 rings (SSSR count). The molecular formula is C26H29F6N3O. The molecular weight excluding hydrogens is 484 g/mol. The molecule has 4 atom stereocenters. The van der Waals surface area contributed by atoms with Gasteiger partial charge in [-0.05, 0) is 67.6 Å². The van der Waals surface area contributed by atoms with Gasteiger partial charge in [0, 0.05) is 26.1 Å². The summed E-state index contributed by atoms with van der Waals surface area (Å²) in [5.41, 5.74) is -0.982. The van der Waals surface area contributed by atoms with Crippen LogP contribution in [0.25, 0.3) is 0 Å². The molecule has 2 heterocycles. The molecule has 0 aliphatic carbocycles. The summed E-state index contributed by atoms with van der Waals surface area (Å²) in [7, 11) is 1.43. The highest BCUT2D eigenvalue weighted by atomic mass is 19.4. The minimum Gasteiger partial charge on any atom is -0.321 e. The third kappa shape index (κ3) is 5.05. The van der Waals surface area contributed by atoms with Crippen molar-refractivity contribution in [3.8, 4) is 0 Å². The lowest BCUT2D eigenvalue weighted by molar-refractivity contribution is -0.143. The first-order valence-corrected chi connectivity index (χ1v) is 11.9. The molecule has 0 radical (unpaired) electrons. The van der Waals surface area contributed by atoms with Crippen LogP contribution >= 0.6 is 0 Å². The van der Waals surface area contributed by atoms with Crippen molar-refractivity contribution in [2.45, 2.75) is 44.7 Å². The summed E-state index contributed by atoms with van der Waals surface area (Å²) in [6.07, 6.45) is -9.13. The van der Waals surface area contributed by atoms with E-state index in [4.69, 9.17) is 0 Å². The van der Waals surface area contributed by atoms with E-state index in [-0.39, 0.29) is 23.6 Å². The van der Waals surface area contributed by atoms with Gasteiger partial charge in [-0.15, -0.1) is 0 Å². The molecule has 0 saturated carbocycles. The lowest BCUT2D eigenvalue weighted by Crippen LogP contribution is -2.51. The number of fused-ring (bicyclic) bond motifs is 1. The van der Waals surface area contributed by atoms with E-state index >= 15 is 0 Å². The zero-order valence-electron chi connectivity index (χ0n) is 20.2. The molecule has 10 heteroatoms. The summed E-state index contributed by atoms with van der Waals surface area (Å²) in [5, 5.41) is 3.40. The third-order valence-corrected chi connectivity index (χ3v) is 7.60. The van der Waals surface area contributed by atoms with Crippen molar-refractivity contribution < 1.29 is 31.1 Å². The highest BCUT2D eigenvalue weighted by Crippen LogP contribution is 2.43. The molecule has 196 valence electrons. The Balaban J connectivity index is 1.68. The van der Waals surface area contributed by atoms with Crippen molar-refractivity contribution in [3.63, 3.8) is 0 Å². The van der Waals surface area contributed by atoms with Gasteiger partial charge in [0.15, 0.2) is 0 Å². The summed E-state index contributed by atoms with van der Waals surface area (Å²) in [5.74, 6) is 0.553. The van der Waals surface area contributed by atoms with Gasteiger partial charge in [-0.2, -0.15) is 26.3 Å². The smallest absolute Gasteiger partial charge is 0.321 e. The number of hydrogen-bond acceptors (Lipinski definition) is 2. The Morgan fingerprint density at radius 1 is 1.03 bits per heavy atom. The first-order valence-electron chi connectivity index (χ1n) is 11.9. The number of alkyl halides is 6.